The highest BCUT2D eigenvalue weighted by molar-refractivity contribution is 6.08. The van der Waals surface area contributed by atoms with Crippen molar-refractivity contribution in [2.45, 2.75) is 0 Å². The van der Waals surface area contributed by atoms with Gasteiger partial charge in [-0.2, -0.15) is 4.99 Å². The van der Waals surface area contributed by atoms with Crippen molar-refractivity contribution in [3.05, 3.63) is 82.9 Å². The van der Waals surface area contributed by atoms with E-state index in [2.05, 4.69) is 4.99 Å². The molecular formula is C19H13F4N3O2. The Balaban J connectivity index is 1.99. The van der Waals surface area contributed by atoms with E-state index in [1.165, 1.54) is 0 Å². The fourth-order valence-corrected chi connectivity index (χ4v) is 1.96. The molecule has 0 aliphatic rings. The fourth-order valence-electron chi connectivity index (χ4n) is 1.96. The van der Waals surface area contributed by atoms with Crippen LogP contribution < -0.4 is 11.1 Å². The van der Waals surface area contributed by atoms with Crippen LogP contribution in [0.3, 0.4) is 0 Å². The molecule has 0 atom stereocenters. The molecule has 0 saturated carbocycles. The van der Waals surface area contributed by atoms with Gasteiger partial charge in [0.2, 0.25) is 5.96 Å². The van der Waals surface area contributed by atoms with Crippen molar-refractivity contribution in [2.24, 2.45) is 10.7 Å². The second-order valence-corrected chi connectivity index (χ2v) is 5.32. The highest BCUT2D eigenvalue weighted by Gasteiger charge is 2.05. The lowest BCUT2D eigenvalue weighted by Crippen LogP contribution is -2.36. The number of nitrogens with zero attached hydrogens (tertiary/aromatic N) is 1. The number of nitrogens with two attached hydrogens (primary N) is 1. The fraction of sp³-hybridized carbons (Fsp3) is 0. The third-order valence-corrected chi connectivity index (χ3v) is 3.22. The maximum Gasteiger partial charge on any atom is 0.272 e. The largest absolute Gasteiger partial charge is 0.369 e. The first-order valence-electron chi connectivity index (χ1n) is 7.70. The highest BCUT2D eigenvalue weighted by Crippen LogP contribution is 2.12. The molecule has 9 heteroatoms. The lowest BCUT2D eigenvalue weighted by atomic mass is 10.2. The van der Waals surface area contributed by atoms with Gasteiger partial charge >= 0.3 is 0 Å². The highest BCUT2D eigenvalue weighted by atomic mass is 19.1. The number of aliphatic imine (C=N–C) groups is 1. The number of nitrogens with one attached hydrogen (secondary N) is 1. The van der Waals surface area contributed by atoms with Gasteiger partial charge in [0.05, 0.1) is 0 Å². The predicted molar refractivity (Wildman–Crippen MR) is 95.6 cm³/mol. The van der Waals surface area contributed by atoms with E-state index in [9.17, 15) is 27.2 Å². The molecular weight excluding hydrogens is 378 g/mol. The van der Waals surface area contributed by atoms with Crippen molar-refractivity contribution in [3.63, 3.8) is 0 Å². The minimum atomic E-state index is -0.943. The molecule has 0 unspecified atom stereocenters. The van der Waals surface area contributed by atoms with Gasteiger partial charge in [0.1, 0.15) is 23.3 Å². The standard InChI is InChI=1S/C19H13F4N3O2/c20-13-3-5-15(22)11(9-13)1-7-17(27)25-19(24)26-18(28)8-2-12-10-14(21)4-6-16(12)23/h1-10H,(H3,24,25,26,27,28). The van der Waals surface area contributed by atoms with Gasteiger partial charge in [-0.05, 0) is 48.6 Å². The van der Waals surface area contributed by atoms with Crippen molar-refractivity contribution in [1.82, 2.24) is 5.32 Å². The Morgan fingerprint density at radius 3 is 1.89 bits per heavy atom. The van der Waals surface area contributed by atoms with Gasteiger partial charge in [0, 0.05) is 23.3 Å². The summed E-state index contributed by atoms with van der Waals surface area (Å²) >= 11 is 0. The predicted octanol–water partition coefficient (Wildman–Crippen LogP) is 2.93. The van der Waals surface area contributed by atoms with Gasteiger partial charge in [0.15, 0.2) is 0 Å². The van der Waals surface area contributed by atoms with E-state index < -0.39 is 41.0 Å². The average Bonchev–Trinajstić information content (AvgIpc) is 2.63. The molecule has 2 aromatic rings. The molecule has 144 valence electrons. The zero-order chi connectivity index (χ0) is 20.7. The molecule has 0 aliphatic heterocycles. The summed E-state index contributed by atoms with van der Waals surface area (Å²) < 4.78 is 52.9. The Morgan fingerprint density at radius 2 is 1.36 bits per heavy atom. The number of amides is 2. The first kappa shape index (κ1) is 20.6. The van der Waals surface area contributed by atoms with Crippen molar-refractivity contribution < 1.29 is 27.2 Å². The monoisotopic (exact) mass is 391 g/mol. The minimum absolute atomic E-state index is 0.165. The van der Waals surface area contributed by atoms with Crippen molar-refractivity contribution in [3.8, 4) is 0 Å². The summed E-state index contributed by atoms with van der Waals surface area (Å²) in [7, 11) is 0. The molecule has 0 fully saturated rings. The summed E-state index contributed by atoms with van der Waals surface area (Å²) in [5.74, 6) is -5.23. The molecule has 28 heavy (non-hydrogen) atoms. The normalized spacial score (nSPS) is 11.9. The lowest BCUT2D eigenvalue weighted by molar-refractivity contribution is -0.115. The number of hydrogen-bond acceptors (Lipinski definition) is 2. The van der Waals surface area contributed by atoms with Crippen LogP contribution in [0, 0.1) is 23.3 Å². The van der Waals surface area contributed by atoms with E-state index in [0.29, 0.717) is 0 Å². The molecule has 0 aliphatic carbocycles. The third kappa shape index (κ3) is 6.20. The molecule has 2 amide bonds. The molecule has 0 heterocycles. The summed E-state index contributed by atoms with van der Waals surface area (Å²) in [6.07, 6.45) is 3.69. The smallest absolute Gasteiger partial charge is 0.272 e. The van der Waals surface area contributed by atoms with Crippen LogP contribution in [0.1, 0.15) is 11.1 Å². The number of halogens is 4. The van der Waals surface area contributed by atoms with Crippen LogP contribution >= 0.6 is 0 Å². The van der Waals surface area contributed by atoms with E-state index >= 15 is 0 Å². The maximum atomic E-state index is 13.4. The second kappa shape index (κ2) is 9.26. The van der Waals surface area contributed by atoms with Gasteiger partial charge < -0.3 is 5.73 Å². The first-order chi connectivity index (χ1) is 13.2. The Labute approximate surface area is 156 Å². The summed E-state index contributed by atoms with van der Waals surface area (Å²) in [6.45, 7) is 0. The Hall–Kier alpha value is -3.75. The maximum absolute atomic E-state index is 13.4. The molecule has 2 aromatic carbocycles. The second-order valence-electron chi connectivity index (χ2n) is 5.32. The number of hydrogen-bond donors (Lipinski definition) is 2. The number of carbonyl (C=O) groups is 2. The van der Waals surface area contributed by atoms with Crippen LogP contribution in [0.4, 0.5) is 17.6 Å². The van der Waals surface area contributed by atoms with Crippen molar-refractivity contribution in [1.29, 1.82) is 0 Å². The van der Waals surface area contributed by atoms with Crippen LogP contribution in [-0.4, -0.2) is 17.8 Å². The number of benzene rings is 2. The van der Waals surface area contributed by atoms with Gasteiger partial charge in [-0.15, -0.1) is 0 Å². The minimum Gasteiger partial charge on any atom is -0.369 e. The van der Waals surface area contributed by atoms with Crippen LogP contribution in [0.5, 0.6) is 0 Å². The van der Waals surface area contributed by atoms with Crippen LogP contribution in [0.25, 0.3) is 12.2 Å². The number of guanidine groups is 1. The topological polar surface area (TPSA) is 84.5 Å². The Kier molecular flexibility index (Phi) is 6.80. The van der Waals surface area contributed by atoms with Crippen LogP contribution in [0.2, 0.25) is 0 Å². The zero-order valence-corrected chi connectivity index (χ0v) is 14.1. The van der Waals surface area contributed by atoms with E-state index in [1.807, 2.05) is 5.32 Å². The molecule has 0 aromatic heterocycles. The van der Waals surface area contributed by atoms with Crippen molar-refractivity contribution in [2.75, 3.05) is 0 Å². The molecule has 2 rings (SSSR count). The third-order valence-electron chi connectivity index (χ3n) is 3.22. The lowest BCUT2D eigenvalue weighted by Gasteiger charge is -2.00. The Bertz CT molecular complexity index is 1000. The molecule has 3 N–H and O–H groups in total. The number of rotatable bonds is 4. The molecule has 0 radical (unpaired) electrons. The van der Waals surface area contributed by atoms with Crippen molar-refractivity contribution >= 4 is 29.9 Å². The molecule has 5 nitrogen and oxygen atoms in total. The summed E-state index contributed by atoms with van der Waals surface area (Å²) in [5.41, 5.74) is 5.04. The molecule has 0 bridgehead atoms. The molecule has 0 spiro atoms. The average molecular weight is 391 g/mol. The zero-order valence-electron chi connectivity index (χ0n) is 14.1. The van der Waals surface area contributed by atoms with E-state index in [-0.39, 0.29) is 11.1 Å². The summed E-state index contributed by atoms with van der Waals surface area (Å²) in [6, 6.07) is 5.40. The van der Waals surface area contributed by atoms with E-state index in [1.54, 1.807) is 0 Å². The van der Waals surface area contributed by atoms with Crippen LogP contribution in [-0.2, 0) is 9.59 Å². The van der Waals surface area contributed by atoms with E-state index in [4.69, 9.17) is 5.73 Å². The first-order valence-corrected chi connectivity index (χ1v) is 7.70. The summed E-state index contributed by atoms with van der Waals surface area (Å²) in [4.78, 5) is 26.6. The quantitative estimate of drug-likeness (QED) is 0.364. The Morgan fingerprint density at radius 1 is 0.857 bits per heavy atom. The van der Waals surface area contributed by atoms with Crippen LogP contribution in [0.15, 0.2) is 53.5 Å². The summed E-state index contributed by atoms with van der Waals surface area (Å²) in [5, 5.41) is 2.03. The molecule has 0 saturated heterocycles. The van der Waals surface area contributed by atoms with Gasteiger partial charge in [-0.3, -0.25) is 14.9 Å². The van der Waals surface area contributed by atoms with Gasteiger partial charge in [-0.25, -0.2) is 17.6 Å². The van der Waals surface area contributed by atoms with E-state index in [0.717, 1.165) is 60.7 Å². The van der Waals surface area contributed by atoms with Gasteiger partial charge in [-0.1, -0.05) is 0 Å². The number of carbonyl (C=O) groups excluding carboxylic acids is 2. The SMILES string of the molecule is NC(=NC(=O)C=Cc1cc(F)ccc1F)NC(=O)C=Cc1cc(F)ccc1F. The van der Waals surface area contributed by atoms with Gasteiger partial charge in [0.25, 0.3) is 11.8 Å².